The standard InChI is InChI=1S/C21H24N6O3S/c1-4-30-16-7-5-15(6-8-16)27-18(14-9-11-23-12-10-14)25-26-21(27)31-17(13(2)3)19(28)24-20(22)29/h5-13,17H,4H2,1-3H3,(H3,22,24,28,29). The van der Waals surface area contributed by atoms with Crippen LogP contribution >= 0.6 is 11.8 Å². The molecular formula is C21H24N6O3S. The Balaban J connectivity index is 2.05. The second-order valence-corrected chi connectivity index (χ2v) is 8.05. The van der Waals surface area contributed by atoms with Gasteiger partial charge in [0.1, 0.15) is 5.75 Å². The molecule has 0 radical (unpaired) electrons. The molecule has 2 aromatic heterocycles. The molecule has 10 heteroatoms. The molecule has 0 spiro atoms. The van der Waals surface area contributed by atoms with Crippen LogP contribution in [-0.2, 0) is 4.79 Å². The molecule has 0 saturated heterocycles. The zero-order valence-electron chi connectivity index (χ0n) is 17.5. The van der Waals surface area contributed by atoms with E-state index in [1.165, 1.54) is 11.8 Å². The topological polar surface area (TPSA) is 125 Å². The van der Waals surface area contributed by atoms with Gasteiger partial charge in [0.2, 0.25) is 5.91 Å². The molecule has 3 amide bonds. The van der Waals surface area contributed by atoms with Crippen molar-refractivity contribution in [3.63, 3.8) is 0 Å². The maximum Gasteiger partial charge on any atom is 0.318 e. The Labute approximate surface area is 184 Å². The molecule has 162 valence electrons. The van der Waals surface area contributed by atoms with Gasteiger partial charge in [-0.05, 0) is 49.2 Å². The fraction of sp³-hybridized carbons (Fsp3) is 0.286. The van der Waals surface area contributed by atoms with Gasteiger partial charge in [-0.1, -0.05) is 25.6 Å². The van der Waals surface area contributed by atoms with Crippen molar-refractivity contribution in [1.29, 1.82) is 0 Å². The lowest BCUT2D eigenvalue weighted by atomic mass is 10.1. The van der Waals surface area contributed by atoms with E-state index >= 15 is 0 Å². The van der Waals surface area contributed by atoms with Gasteiger partial charge in [0.05, 0.1) is 11.9 Å². The minimum absolute atomic E-state index is 0.0841. The highest BCUT2D eigenvalue weighted by Gasteiger charge is 2.28. The first kappa shape index (κ1) is 22.3. The number of carbonyl (C=O) groups is 2. The number of urea groups is 1. The maximum absolute atomic E-state index is 12.5. The highest BCUT2D eigenvalue weighted by atomic mass is 32.2. The van der Waals surface area contributed by atoms with Crippen LogP contribution in [-0.4, -0.2) is 43.5 Å². The van der Waals surface area contributed by atoms with Crippen LogP contribution in [0, 0.1) is 5.92 Å². The normalized spacial score (nSPS) is 11.9. The Hall–Kier alpha value is -3.40. The van der Waals surface area contributed by atoms with Gasteiger partial charge in [0.25, 0.3) is 0 Å². The van der Waals surface area contributed by atoms with Crippen molar-refractivity contribution in [1.82, 2.24) is 25.1 Å². The van der Waals surface area contributed by atoms with Crippen LogP contribution in [0.5, 0.6) is 5.75 Å². The van der Waals surface area contributed by atoms with E-state index in [9.17, 15) is 9.59 Å². The highest BCUT2D eigenvalue weighted by molar-refractivity contribution is 8.00. The third-order valence-corrected chi connectivity index (χ3v) is 5.81. The van der Waals surface area contributed by atoms with Gasteiger partial charge in [-0.2, -0.15) is 0 Å². The van der Waals surface area contributed by atoms with Crippen molar-refractivity contribution in [3.05, 3.63) is 48.8 Å². The number of nitrogens with two attached hydrogens (primary N) is 1. The van der Waals surface area contributed by atoms with E-state index in [0.717, 1.165) is 17.0 Å². The SMILES string of the molecule is CCOc1ccc(-n2c(SC(C(=O)NC(N)=O)C(C)C)nnc2-c2ccncc2)cc1. The van der Waals surface area contributed by atoms with E-state index < -0.39 is 17.2 Å². The van der Waals surface area contributed by atoms with E-state index in [0.29, 0.717) is 17.6 Å². The maximum atomic E-state index is 12.5. The van der Waals surface area contributed by atoms with E-state index in [-0.39, 0.29) is 5.92 Å². The molecule has 31 heavy (non-hydrogen) atoms. The summed E-state index contributed by atoms with van der Waals surface area (Å²) in [4.78, 5) is 27.8. The number of hydrogen-bond acceptors (Lipinski definition) is 7. The first-order valence-electron chi connectivity index (χ1n) is 9.76. The summed E-state index contributed by atoms with van der Waals surface area (Å²) < 4.78 is 7.40. The number of hydrogen-bond donors (Lipinski definition) is 2. The number of amides is 3. The van der Waals surface area contributed by atoms with Crippen molar-refractivity contribution < 1.29 is 14.3 Å². The van der Waals surface area contributed by atoms with Crippen molar-refractivity contribution >= 4 is 23.7 Å². The molecule has 2 heterocycles. The van der Waals surface area contributed by atoms with Crippen molar-refractivity contribution in [2.24, 2.45) is 11.7 Å². The van der Waals surface area contributed by atoms with Crippen LogP contribution < -0.4 is 15.8 Å². The Bertz CT molecular complexity index is 1040. The van der Waals surface area contributed by atoms with E-state index in [4.69, 9.17) is 10.5 Å². The van der Waals surface area contributed by atoms with Gasteiger partial charge < -0.3 is 10.5 Å². The first-order chi connectivity index (χ1) is 14.9. The van der Waals surface area contributed by atoms with Crippen molar-refractivity contribution in [2.75, 3.05) is 6.61 Å². The lowest BCUT2D eigenvalue weighted by Gasteiger charge is -2.19. The summed E-state index contributed by atoms with van der Waals surface area (Å²) in [6, 6.07) is 10.3. The third-order valence-electron chi connectivity index (χ3n) is 4.32. The Morgan fingerprint density at radius 3 is 2.39 bits per heavy atom. The Morgan fingerprint density at radius 1 is 1.13 bits per heavy atom. The Kier molecular flexibility index (Phi) is 7.24. The lowest BCUT2D eigenvalue weighted by Crippen LogP contribution is -2.42. The van der Waals surface area contributed by atoms with Crippen molar-refractivity contribution in [2.45, 2.75) is 31.2 Å². The molecule has 0 fully saturated rings. The summed E-state index contributed by atoms with van der Waals surface area (Å²) in [7, 11) is 0. The zero-order valence-corrected chi connectivity index (χ0v) is 18.3. The third kappa shape index (κ3) is 5.40. The van der Waals surface area contributed by atoms with E-state index in [2.05, 4.69) is 20.5 Å². The summed E-state index contributed by atoms with van der Waals surface area (Å²) in [5.74, 6) is 0.796. The van der Waals surface area contributed by atoms with Crippen LogP contribution in [0.25, 0.3) is 17.1 Å². The number of aromatic nitrogens is 4. The molecule has 9 nitrogen and oxygen atoms in total. The number of rotatable bonds is 8. The van der Waals surface area contributed by atoms with Crippen LogP contribution in [0.2, 0.25) is 0 Å². The number of nitrogens with zero attached hydrogens (tertiary/aromatic N) is 4. The molecule has 1 aromatic carbocycles. The second kappa shape index (κ2) is 10.1. The molecule has 1 atom stereocenters. The Morgan fingerprint density at radius 2 is 1.81 bits per heavy atom. The summed E-state index contributed by atoms with van der Waals surface area (Å²) in [6.07, 6.45) is 3.35. The van der Waals surface area contributed by atoms with E-state index in [1.807, 2.05) is 61.7 Å². The van der Waals surface area contributed by atoms with E-state index in [1.54, 1.807) is 12.4 Å². The van der Waals surface area contributed by atoms with Crippen LogP contribution in [0.15, 0.2) is 53.9 Å². The van der Waals surface area contributed by atoms with Gasteiger partial charge in [0.15, 0.2) is 11.0 Å². The number of carbonyl (C=O) groups excluding carboxylic acids is 2. The van der Waals surface area contributed by atoms with Crippen LogP contribution in [0.1, 0.15) is 20.8 Å². The molecule has 3 aromatic rings. The molecule has 0 aliphatic carbocycles. The van der Waals surface area contributed by atoms with Gasteiger partial charge >= 0.3 is 6.03 Å². The van der Waals surface area contributed by atoms with Gasteiger partial charge in [-0.3, -0.25) is 19.7 Å². The number of nitrogens with one attached hydrogen (secondary N) is 1. The summed E-state index contributed by atoms with van der Waals surface area (Å²) in [5.41, 5.74) is 6.76. The fourth-order valence-corrected chi connectivity index (χ4v) is 3.97. The zero-order chi connectivity index (χ0) is 22.4. The van der Waals surface area contributed by atoms with Crippen LogP contribution in [0.4, 0.5) is 4.79 Å². The average molecular weight is 441 g/mol. The molecule has 1 unspecified atom stereocenters. The van der Waals surface area contributed by atoms with Gasteiger partial charge in [-0.25, -0.2) is 4.79 Å². The quantitative estimate of drug-likeness (QED) is 0.516. The van der Waals surface area contributed by atoms with Gasteiger partial charge in [-0.15, -0.1) is 10.2 Å². The first-order valence-corrected chi connectivity index (χ1v) is 10.6. The lowest BCUT2D eigenvalue weighted by molar-refractivity contribution is -0.120. The summed E-state index contributed by atoms with van der Waals surface area (Å²) in [6.45, 7) is 6.27. The largest absolute Gasteiger partial charge is 0.494 e. The number of imide groups is 1. The second-order valence-electron chi connectivity index (χ2n) is 6.94. The predicted octanol–water partition coefficient (Wildman–Crippen LogP) is 3.04. The molecule has 0 aliphatic heterocycles. The number of thioether (sulfide) groups is 1. The van der Waals surface area contributed by atoms with Crippen LogP contribution in [0.3, 0.4) is 0 Å². The number of pyridine rings is 1. The molecule has 0 bridgehead atoms. The summed E-state index contributed by atoms with van der Waals surface area (Å²) in [5, 5.41) is 10.8. The molecule has 0 saturated carbocycles. The summed E-state index contributed by atoms with van der Waals surface area (Å²) >= 11 is 1.22. The number of primary amides is 1. The average Bonchev–Trinajstić information content (AvgIpc) is 3.16. The number of ether oxygens (including phenoxy) is 1. The highest BCUT2D eigenvalue weighted by Crippen LogP contribution is 2.33. The number of benzene rings is 1. The molecule has 0 aliphatic rings. The smallest absolute Gasteiger partial charge is 0.318 e. The van der Waals surface area contributed by atoms with Crippen molar-refractivity contribution in [3.8, 4) is 22.8 Å². The molecule has 3 rings (SSSR count). The minimum Gasteiger partial charge on any atom is -0.494 e. The monoisotopic (exact) mass is 440 g/mol. The molecule has 3 N–H and O–H groups in total. The fourth-order valence-electron chi connectivity index (χ4n) is 2.92. The predicted molar refractivity (Wildman–Crippen MR) is 118 cm³/mol. The van der Waals surface area contributed by atoms with Gasteiger partial charge in [0, 0.05) is 23.6 Å². The molecular weight excluding hydrogens is 416 g/mol. The minimum atomic E-state index is -0.887.